The maximum atomic E-state index is 12.9. The molecule has 0 radical (unpaired) electrons. The monoisotopic (exact) mass is 580 g/mol. The van der Waals surface area contributed by atoms with Crippen molar-refractivity contribution < 1.29 is 19.7 Å². The predicted octanol–water partition coefficient (Wildman–Crippen LogP) is 3.16. The van der Waals surface area contributed by atoms with E-state index in [-0.39, 0.29) is 17.4 Å². The molecule has 0 aromatic carbocycles. The van der Waals surface area contributed by atoms with Gasteiger partial charge in [0.05, 0.1) is 36.6 Å². The van der Waals surface area contributed by atoms with Gasteiger partial charge < -0.3 is 35.7 Å². The predicted molar refractivity (Wildman–Crippen MR) is 156 cm³/mol. The Morgan fingerprint density at radius 3 is 2.85 bits per heavy atom. The summed E-state index contributed by atoms with van der Waals surface area (Å²) in [5, 5.41) is 13.2. The Kier molecular flexibility index (Phi) is 6.66. The van der Waals surface area contributed by atoms with Crippen LogP contribution in [-0.4, -0.2) is 54.3 Å². The Morgan fingerprint density at radius 2 is 2.00 bits per heavy atom. The van der Waals surface area contributed by atoms with Crippen LogP contribution in [0.4, 0.5) is 22.5 Å². The first-order valence-corrected chi connectivity index (χ1v) is 15.3. The Labute approximate surface area is 237 Å². The van der Waals surface area contributed by atoms with E-state index in [1.165, 1.54) is 35.5 Å². The van der Waals surface area contributed by atoms with Crippen molar-refractivity contribution in [1.29, 1.82) is 0 Å². The first kappa shape index (κ1) is 25.4. The highest BCUT2D eigenvalue weighted by Crippen LogP contribution is 2.39. The number of carbonyl (C=O) groups excluding carboxylic acids is 1. The van der Waals surface area contributed by atoms with Gasteiger partial charge in [-0.25, -0.2) is 9.97 Å². The average molecular weight is 581 g/mol. The summed E-state index contributed by atoms with van der Waals surface area (Å²) in [7, 11) is 0. The minimum Gasteiger partial charge on any atom is -0.439 e. The van der Waals surface area contributed by atoms with E-state index >= 15 is 0 Å². The van der Waals surface area contributed by atoms with Crippen LogP contribution in [0.5, 0.6) is 0 Å². The van der Waals surface area contributed by atoms with Crippen molar-refractivity contribution in [2.45, 2.75) is 44.3 Å². The molecule has 2 fully saturated rings. The summed E-state index contributed by atoms with van der Waals surface area (Å²) in [6.07, 6.45) is 6.27. The van der Waals surface area contributed by atoms with Gasteiger partial charge in [0, 0.05) is 37.5 Å². The van der Waals surface area contributed by atoms with Crippen LogP contribution in [0.25, 0.3) is 20.9 Å². The van der Waals surface area contributed by atoms with Gasteiger partial charge in [-0.2, -0.15) is 0 Å². The number of pyridine rings is 1. The number of thiazole rings is 1. The third-order valence-electron chi connectivity index (χ3n) is 7.74. The molecule has 2 atom stereocenters. The lowest BCUT2D eigenvalue weighted by Crippen LogP contribution is -2.68. The zero-order chi connectivity index (χ0) is 27.2. The standard InChI is InChI=1S/C27H29N7O4S2/c28-16-3-1-2-4-17(16)31-19-9-14-11-29-26(36)22(14)25(32-19)33-20-12-30-27(40-20)15-13-39-24-18(35)10-21(38-23(15)24)34-5-7-37-8-6-34/h9-10,12-13,16-17H,1-8,11,28H2,(H,29,36)(H2,31,32,33)/p+1/t16-,17+/m1/s1. The molecule has 6 heterocycles. The number of thiophene rings is 1. The van der Waals surface area contributed by atoms with Crippen molar-refractivity contribution in [2.24, 2.45) is 0 Å². The number of hydrogen-bond donors (Lipinski definition) is 4. The van der Waals surface area contributed by atoms with E-state index < -0.39 is 0 Å². The fourth-order valence-electron chi connectivity index (χ4n) is 5.60. The van der Waals surface area contributed by atoms with Crippen LogP contribution in [-0.2, 0) is 11.3 Å². The molecule has 1 saturated carbocycles. The van der Waals surface area contributed by atoms with E-state index in [1.54, 1.807) is 12.3 Å². The zero-order valence-corrected chi connectivity index (χ0v) is 23.5. The molecule has 1 amide bonds. The molecule has 4 aromatic heterocycles. The van der Waals surface area contributed by atoms with Crippen LogP contribution in [0.3, 0.4) is 0 Å². The van der Waals surface area contributed by atoms with E-state index in [0.29, 0.717) is 71.4 Å². The van der Waals surface area contributed by atoms with Gasteiger partial charge in [0.15, 0.2) is 11.5 Å². The molecular formula is C27H30N7O4S2+. The third-order valence-corrected chi connectivity index (χ3v) is 9.66. The van der Waals surface area contributed by atoms with E-state index in [1.807, 2.05) is 16.3 Å². The first-order valence-electron chi connectivity index (χ1n) is 13.6. The summed E-state index contributed by atoms with van der Waals surface area (Å²) in [6.45, 7) is 3.02. The van der Waals surface area contributed by atoms with Crippen LogP contribution in [0.15, 0.2) is 32.9 Å². The zero-order valence-electron chi connectivity index (χ0n) is 21.8. The van der Waals surface area contributed by atoms with E-state index in [4.69, 9.17) is 14.1 Å². The van der Waals surface area contributed by atoms with Crippen LogP contribution >= 0.6 is 22.7 Å². The highest BCUT2D eigenvalue weighted by molar-refractivity contribution is 7.20. The Morgan fingerprint density at radius 1 is 1.15 bits per heavy atom. The number of amides is 1. The number of ether oxygens (including phenoxy) is 1. The molecular weight excluding hydrogens is 550 g/mol. The second-order valence-electron chi connectivity index (χ2n) is 10.4. The molecule has 0 spiro atoms. The van der Waals surface area contributed by atoms with Crippen LogP contribution in [0.2, 0.25) is 0 Å². The van der Waals surface area contributed by atoms with Gasteiger partial charge in [-0.1, -0.05) is 17.8 Å². The van der Waals surface area contributed by atoms with Crippen molar-refractivity contribution in [2.75, 3.05) is 41.8 Å². The first-order chi connectivity index (χ1) is 19.5. The minimum absolute atomic E-state index is 0.0635. The molecule has 7 rings (SSSR count). The van der Waals surface area contributed by atoms with Crippen LogP contribution in [0, 0.1) is 0 Å². The number of nitrogens with zero attached hydrogens (tertiary/aromatic N) is 3. The Balaban J connectivity index is 1.19. The van der Waals surface area contributed by atoms with Gasteiger partial charge in [-0.3, -0.25) is 9.59 Å². The van der Waals surface area contributed by atoms with Crippen molar-refractivity contribution in [3.8, 4) is 10.6 Å². The normalized spacial score (nSPS) is 20.9. The molecule has 1 aliphatic carbocycles. The molecule has 3 aliphatic rings. The van der Waals surface area contributed by atoms with Gasteiger partial charge in [-0.05, 0) is 24.5 Å². The topological polar surface area (TPSA) is 149 Å². The van der Waals surface area contributed by atoms with Gasteiger partial charge >= 0.3 is 0 Å². The quantitative estimate of drug-likeness (QED) is 0.270. The lowest BCUT2D eigenvalue weighted by molar-refractivity contribution is -0.427. The molecule has 0 unspecified atom stereocenters. The summed E-state index contributed by atoms with van der Waals surface area (Å²) in [6, 6.07) is 4.11. The fraction of sp³-hybridized carbons (Fsp3) is 0.407. The number of morpholine rings is 1. The molecule has 1 saturated heterocycles. The number of hydrogen-bond acceptors (Lipinski definition) is 11. The van der Waals surface area contributed by atoms with E-state index in [2.05, 4.69) is 26.7 Å². The number of anilines is 4. The maximum Gasteiger partial charge on any atom is 0.255 e. The lowest BCUT2D eigenvalue weighted by Gasteiger charge is -2.27. The van der Waals surface area contributed by atoms with Gasteiger partial charge in [0.1, 0.15) is 32.4 Å². The number of carbonyl (C=O) groups is 1. The van der Waals surface area contributed by atoms with E-state index in [9.17, 15) is 9.59 Å². The largest absolute Gasteiger partial charge is 0.439 e. The number of nitrogens with one attached hydrogen (secondary N) is 3. The number of quaternary nitrogens is 1. The molecule has 6 N–H and O–H groups in total. The van der Waals surface area contributed by atoms with Gasteiger partial charge in [0.25, 0.3) is 5.91 Å². The summed E-state index contributed by atoms with van der Waals surface area (Å²) in [5.41, 5.74) is 7.04. The SMILES string of the molecule is [NH3+][C@@H]1CCCC[C@@H]1Nc1cc2c(c(Nc3cnc(-c4csc5c(=O)cc(N6CCOCC6)oc45)s3)n1)C(=O)NC2. The summed E-state index contributed by atoms with van der Waals surface area (Å²) in [4.78, 5) is 37.0. The minimum atomic E-state index is -0.143. The number of fused-ring (bicyclic) bond motifs is 2. The molecule has 0 bridgehead atoms. The molecule has 40 heavy (non-hydrogen) atoms. The molecule has 13 heteroatoms. The number of aromatic nitrogens is 2. The molecule has 208 valence electrons. The smallest absolute Gasteiger partial charge is 0.255 e. The average Bonchev–Trinajstić information content (AvgIpc) is 3.69. The molecule has 11 nitrogen and oxygen atoms in total. The molecule has 2 aliphatic heterocycles. The second kappa shape index (κ2) is 10.5. The highest BCUT2D eigenvalue weighted by atomic mass is 32.1. The summed E-state index contributed by atoms with van der Waals surface area (Å²) in [5.74, 6) is 1.64. The van der Waals surface area contributed by atoms with Gasteiger partial charge in [0.2, 0.25) is 5.43 Å². The van der Waals surface area contributed by atoms with Crippen molar-refractivity contribution >= 4 is 61.4 Å². The maximum absolute atomic E-state index is 12.9. The van der Waals surface area contributed by atoms with Gasteiger partial charge in [-0.15, -0.1) is 11.3 Å². The summed E-state index contributed by atoms with van der Waals surface area (Å²) < 4.78 is 12.3. The Hall–Kier alpha value is -3.52. The van der Waals surface area contributed by atoms with Crippen LogP contribution in [0.1, 0.15) is 41.6 Å². The van der Waals surface area contributed by atoms with Crippen molar-refractivity contribution in [3.63, 3.8) is 0 Å². The van der Waals surface area contributed by atoms with E-state index in [0.717, 1.165) is 34.8 Å². The summed E-state index contributed by atoms with van der Waals surface area (Å²) >= 11 is 2.78. The third kappa shape index (κ3) is 4.72. The number of rotatable bonds is 6. The van der Waals surface area contributed by atoms with Crippen molar-refractivity contribution in [1.82, 2.24) is 15.3 Å². The Bertz CT molecular complexity index is 1640. The van der Waals surface area contributed by atoms with Crippen LogP contribution < -0.4 is 32.0 Å². The fourth-order valence-corrected chi connectivity index (χ4v) is 7.39. The highest BCUT2D eigenvalue weighted by Gasteiger charge is 2.29. The second-order valence-corrected chi connectivity index (χ2v) is 12.3. The molecule has 4 aromatic rings. The van der Waals surface area contributed by atoms with Crippen molar-refractivity contribution in [3.05, 3.63) is 45.1 Å². The lowest BCUT2D eigenvalue weighted by atomic mass is 9.91.